The number of aromatic nitrogens is 4. The topological polar surface area (TPSA) is 61.9 Å². The molecule has 0 bridgehead atoms. The van der Waals surface area contributed by atoms with Gasteiger partial charge in [0.05, 0.1) is 18.4 Å². The lowest BCUT2D eigenvalue weighted by molar-refractivity contribution is 0.102. The number of aryl methyl sites for hydroxylation is 3. The van der Waals surface area contributed by atoms with Gasteiger partial charge in [-0.25, -0.2) is 0 Å². The van der Waals surface area contributed by atoms with Crippen molar-refractivity contribution < 1.29 is 9.53 Å². The summed E-state index contributed by atoms with van der Waals surface area (Å²) in [6.07, 6.45) is 0. The number of rotatable bonds is 8. The largest absolute Gasteiger partial charge is 0.383 e. The molecule has 6 nitrogen and oxygen atoms in total. The maximum Gasteiger partial charge on any atom is 0.196 e. The van der Waals surface area contributed by atoms with Crippen LogP contribution in [0.3, 0.4) is 0 Å². The first-order valence-corrected chi connectivity index (χ1v) is 10.6. The van der Waals surface area contributed by atoms with Crippen molar-refractivity contribution in [3.05, 3.63) is 58.7 Å². The third kappa shape index (κ3) is 4.46. The van der Waals surface area contributed by atoms with Crippen molar-refractivity contribution in [1.82, 2.24) is 19.3 Å². The van der Waals surface area contributed by atoms with Gasteiger partial charge >= 0.3 is 0 Å². The second-order valence-corrected chi connectivity index (χ2v) is 8.32. The minimum Gasteiger partial charge on any atom is -0.383 e. The van der Waals surface area contributed by atoms with Crippen LogP contribution in [0.2, 0.25) is 0 Å². The van der Waals surface area contributed by atoms with E-state index in [-0.39, 0.29) is 11.8 Å². The molecule has 0 N–H and O–H groups in total. The average Bonchev–Trinajstić information content (AvgIpc) is 3.19. The van der Waals surface area contributed by atoms with Gasteiger partial charge in [-0.3, -0.25) is 9.36 Å². The third-order valence-electron chi connectivity index (χ3n) is 5.02. The highest BCUT2D eigenvalue weighted by molar-refractivity contribution is 7.99. The van der Waals surface area contributed by atoms with Crippen LogP contribution in [0.15, 0.2) is 35.5 Å². The lowest BCUT2D eigenvalue weighted by Gasteiger charge is -2.17. The Balaban J connectivity index is 1.80. The standard InChI is InChI=1S/C22H28N4O2S/c1-14-8-7-9-19(10-14)26-18(5)23-24-22(26)29-13-21(27)20-11-15(2)25(17(20)4)16(3)12-28-6/h7-11,16H,12-13H2,1-6H3. The first kappa shape index (κ1) is 21.3. The number of methoxy groups -OCH3 is 1. The summed E-state index contributed by atoms with van der Waals surface area (Å²) in [6, 6.07) is 10.3. The van der Waals surface area contributed by atoms with E-state index in [1.807, 2.05) is 43.5 Å². The molecular formula is C22H28N4O2S. The number of hydrogen-bond acceptors (Lipinski definition) is 5. The van der Waals surface area contributed by atoms with Gasteiger partial charge in [-0.2, -0.15) is 0 Å². The van der Waals surface area contributed by atoms with Crippen LogP contribution >= 0.6 is 11.8 Å². The lowest BCUT2D eigenvalue weighted by atomic mass is 10.2. The van der Waals surface area contributed by atoms with Gasteiger partial charge < -0.3 is 9.30 Å². The fourth-order valence-corrected chi connectivity index (χ4v) is 4.64. The van der Waals surface area contributed by atoms with Gasteiger partial charge in [-0.1, -0.05) is 23.9 Å². The number of benzene rings is 1. The lowest BCUT2D eigenvalue weighted by Crippen LogP contribution is -2.14. The molecule has 0 aliphatic heterocycles. The number of ether oxygens (including phenoxy) is 1. The van der Waals surface area contributed by atoms with E-state index >= 15 is 0 Å². The number of Topliss-reactive ketones (excluding diaryl/α,β-unsaturated/α-hetero) is 1. The molecule has 3 aromatic rings. The van der Waals surface area contributed by atoms with Crippen molar-refractivity contribution in [2.24, 2.45) is 0 Å². The van der Waals surface area contributed by atoms with Gasteiger partial charge in [-0.05, 0) is 58.4 Å². The molecule has 0 radical (unpaired) electrons. The van der Waals surface area contributed by atoms with Gasteiger partial charge in [0.15, 0.2) is 10.9 Å². The molecule has 0 amide bonds. The summed E-state index contributed by atoms with van der Waals surface area (Å²) in [4.78, 5) is 13.0. The number of ketones is 1. The smallest absolute Gasteiger partial charge is 0.196 e. The molecule has 1 unspecified atom stereocenters. The molecule has 0 aliphatic rings. The minimum absolute atomic E-state index is 0.0930. The first-order chi connectivity index (χ1) is 13.8. The number of thioether (sulfide) groups is 1. The molecule has 1 aromatic carbocycles. The number of carbonyl (C=O) groups is 1. The minimum atomic E-state index is 0.0930. The average molecular weight is 413 g/mol. The Morgan fingerprint density at radius 1 is 1.17 bits per heavy atom. The fraction of sp³-hybridized carbons (Fsp3) is 0.409. The Morgan fingerprint density at radius 2 is 1.93 bits per heavy atom. The number of carbonyl (C=O) groups excluding carboxylic acids is 1. The van der Waals surface area contributed by atoms with Crippen LogP contribution in [0.5, 0.6) is 0 Å². The van der Waals surface area contributed by atoms with E-state index in [1.54, 1.807) is 7.11 Å². The molecule has 29 heavy (non-hydrogen) atoms. The Kier molecular flexibility index (Phi) is 6.59. The predicted octanol–water partition coefficient (Wildman–Crippen LogP) is 4.48. The van der Waals surface area contributed by atoms with E-state index in [4.69, 9.17) is 4.74 Å². The van der Waals surface area contributed by atoms with E-state index in [1.165, 1.54) is 17.3 Å². The van der Waals surface area contributed by atoms with Gasteiger partial charge in [0, 0.05) is 29.7 Å². The van der Waals surface area contributed by atoms with Gasteiger partial charge in [0.1, 0.15) is 5.82 Å². The van der Waals surface area contributed by atoms with E-state index in [9.17, 15) is 4.79 Å². The van der Waals surface area contributed by atoms with Crippen LogP contribution < -0.4 is 0 Å². The third-order valence-corrected chi connectivity index (χ3v) is 5.95. The Morgan fingerprint density at radius 3 is 2.62 bits per heavy atom. The summed E-state index contributed by atoms with van der Waals surface area (Å²) in [5.41, 5.74) is 4.98. The second-order valence-electron chi connectivity index (χ2n) is 7.38. The molecule has 0 fully saturated rings. The molecular weight excluding hydrogens is 384 g/mol. The van der Waals surface area contributed by atoms with Crippen molar-refractivity contribution in [1.29, 1.82) is 0 Å². The van der Waals surface area contributed by atoms with Crippen LogP contribution in [0.25, 0.3) is 5.69 Å². The van der Waals surface area contributed by atoms with Crippen LogP contribution in [0.1, 0.15) is 46.1 Å². The van der Waals surface area contributed by atoms with Gasteiger partial charge in [-0.15, -0.1) is 10.2 Å². The molecule has 154 valence electrons. The first-order valence-electron chi connectivity index (χ1n) is 9.66. The van der Waals surface area contributed by atoms with E-state index in [0.29, 0.717) is 12.4 Å². The van der Waals surface area contributed by atoms with E-state index in [0.717, 1.165) is 33.6 Å². The fourth-order valence-electron chi connectivity index (χ4n) is 3.76. The van der Waals surface area contributed by atoms with Crippen molar-refractivity contribution in [2.75, 3.05) is 19.5 Å². The second kappa shape index (κ2) is 8.97. The maximum atomic E-state index is 13.0. The molecule has 0 saturated heterocycles. The molecule has 0 aliphatic carbocycles. The summed E-state index contributed by atoms with van der Waals surface area (Å²) in [5.74, 6) is 1.21. The van der Waals surface area contributed by atoms with Crippen molar-refractivity contribution in [3.8, 4) is 5.69 Å². The highest BCUT2D eigenvalue weighted by Gasteiger charge is 2.20. The van der Waals surface area contributed by atoms with Crippen molar-refractivity contribution in [2.45, 2.75) is 45.8 Å². The van der Waals surface area contributed by atoms with E-state index in [2.05, 4.69) is 40.7 Å². The van der Waals surface area contributed by atoms with Gasteiger partial charge in [0.25, 0.3) is 0 Å². The summed E-state index contributed by atoms with van der Waals surface area (Å²) in [7, 11) is 1.69. The highest BCUT2D eigenvalue weighted by atomic mass is 32.2. The van der Waals surface area contributed by atoms with Crippen LogP contribution in [-0.4, -0.2) is 44.6 Å². The molecule has 2 aromatic heterocycles. The Bertz CT molecular complexity index is 1020. The maximum absolute atomic E-state index is 13.0. The summed E-state index contributed by atoms with van der Waals surface area (Å²) >= 11 is 1.42. The molecule has 3 rings (SSSR count). The van der Waals surface area contributed by atoms with Gasteiger partial charge in [0.2, 0.25) is 0 Å². The molecule has 7 heteroatoms. The normalized spacial score (nSPS) is 12.3. The zero-order valence-corrected chi connectivity index (χ0v) is 18.7. The zero-order chi connectivity index (χ0) is 21.1. The van der Waals surface area contributed by atoms with Crippen molar-refractivity contribution >= 4 is 17.5 Å². The quantitative estimate of drug-likeness (QED) is 0.403. The zero-order valence-electron chi connectivity index (χ0n) is 17.9. The SMILES string of the molecule is COCC(C)n1c(C)cc(C(=O)CSc2nnc(C)n2-c2cccc(C)c2)c1C. The Hall–Kier alpha value is -2.38. The summed E-state index contributed by atoms with van der Waals surface area (Å²) in [5, 5.41) is 9.23. The van der Waals surface area contributed by atoms with Crippen molar-refractivity contribution in [3.63, 3.8) is 0 Å². The monoisotopic (exact) mass is 412 g/mol. The molecule has 0 spiro atoms. The summed E-state index contributed by atoms with van der Waals surface area (Å²) < 4.78 is 9.44. The molecule has 0 saturated carbocycles. The molecule has 2 heterocycles. The van der Waals surface area contributed by atoms with E-state index < -0.39 is 0 Å². The predicted molar refractivity (Wildman–Crippen MR) is 116 cm³/mol. The van der Waals surface area contributed by atoms with Crippen LogP contribution in [0.4, 0.5) is 0 Å². The number of hydrogen-bond donors (Lipinski definition) is 0. The molecule has 1 atom stereocenters. The Labute approximate surface area is 176 Å². The van der Waals surface area contributed by atoms with Crippen LogP contribution in [-0.2, 0) is 4.74 Å². The number of nitrogens with zero attached hydrogens (tertiary/aromatic N) is 4. The van der Waals surface area contributed by atoms with Crippen LogP contribution in [0, 0.1) is 27.7 Å². The highest BCUT2D eigenvalue weighted by Crippen LogP contribution is 2.26. The summed E-state index contributed by atoms with van der Waals surface area (Å²) in [6.45, 7) is 10.7.